The van der Waals surface area contributed by atoms with E-state index in [4.69, 9.17) is 0 Å². The number of hydrogen-bond acceptors (Lipinski definition) is 4. The smallest absolute Gasteiger partial charge is 0.379 e. The minimum atomic E-state index is -0.966. The summed E-state index contributed by atoms with van der Waals surface area (Å²) in [7, 11) is 0. The second kappa shape index (κ2) is 5.84. The van der Waals surface area contributed by atoms with Gasteiger partial charge in [-0.1, -0.05) is 23.8 Å². The predicted octanol–water partition coefficient (Wildman–Crippen LogP) is 2.03. The summed E-state index contributed by atoms with van der Waals surface area (Å²) in [4.78, 5) is 22.3. The molecule has 0 amide bonds. The summed E-state index contributed by atoms with van der Waals surface area (Å²) >= 11 is 0. The summed E-state index contributed by atoms with van der Waals surface area (Å²) < 4.78 is 4.52. The van der Waals surface area contributed by atoms with Gasteiger partial charge in [-0.2, -0.15) is 0 Å². The molecule has 0 heterocycles. The number of esters is 1. The van der Waals surface area contributed by atoms with Gasteiger partial charge < -0.3 is 9.84 Å². The Balaban J connectivity index is 2.86. The summed E-state index contributed by atoms with van der Waals surface area (Å²) in [5.74, 6) is -2.08. The molecular weight excluding hydrogens is 220 g/mol. The zero-order valence-electron chi connectivity index (χ0n) is 9.77. The standard InChI is InChI=1S/C13H14O4/c1-3-17-13(16)12(15)8-11(14)10-6-4-5-9(2)7-10/h4-8,14H,3H2,1-2H3. The Kier molecular flexibility index (Phi) is 4.46. The molecule has 0 atom stereocenters. The van der Waals surface area contributed by atoms with Crippen LogP contribution < -0.4 is 0 Å². The molecule has 17 heavy (non-hydrogen) atoms. The Morgan fingerprint density at radius 3 is 2.71 bits per heavy atom. The van der Waals surface area contributed by atoms with Gasteiger partial charge in [-0.15, -0.1) is 0 Å². The number of ketones is 1. The van der Waals surface area contributed by atoms with Crippen LogP contribution in [0.2, 0.25) is 0 Å². The van der Waals surface area contributed by atoms with Crippen molar-refractivity contribution in [1.29, 1.82) is 0 Å². The lowest BCUT2D eigenvalue weighted by molar-refractivity contribution is -0.151. The molecule has 0 aliphatic rings. The SMILES string of the molecule is CCOC(=O)C(=O)C=C(O)c1cccc(C)c1. The zero-order valence-corrected chi connectivity index (χ0v) is 9.77. The lowest BCUT2D eigenvalue weighted by Crippen LogP contribution is -2.15. The molecule has 0 radical (unpaired) electrons. The highest BCUT2D eigenvalue weighted by atomic mass is 16.5. The monoisotopic (exact) mass is 234 g/mol. The van der Waals surface area contributed by atoms with Gasteiger partial charge in [0.25, 0.3) is 5.78 Å². The van der Waals surface area contributed by atoms with E-state index in [0.717, 1.165) is 11.6 Å². The highest BCUT2D eigenvalue weighted by Gasteiger charge is 2.13. The maximum absolute atomic E-state index is 11.3. The molecule has 0 aliphatic carbocycles. The summed E-state index contributed by atoms with van der Waals surface area (Å²) in [6.45, 7) is 3.60. The second-order valence-corrected chi connectivity index (χ2v) is 3.48. The van der Waals surface area contributed by atoms with Gasteiger partial charge in [-0.05, 0) is 19.9 Å². The van der Waals surface area contributed by atoms with Crippen LogP contribution in [0.1, 0.15) is 18.1 Å². The maximum atomic E-state index is 11.3. The fourth-order valence-electron chi connectivity index (χ4n) is 1.27. The first kappa shape index (κ1) is 13.0. The number of rotatable bonds is 4. The van der Waals surface area contributed by atoms with Crippen molar-refractivity contribution in [2.45, 2.75) is 13.8 Å². The molecule has 0 saturated heterocycles. The number of aliphatic hydroxyl groups excluding tert-OH is 1. The molecule has 1 aromatic rings. The van der Waals surface area contributed by atoms with Crippen LogP contribution >= 0.6 is 0 Å². The van der Waals surface area contributed by atoms with Crippen molar-refractivity contribution in [2.24, 2.45) is 0 Å². The number of ether oxygens (including phenoxy) is 1. The molecule has 0 saturated carbocycles. The molecular formula is C13H14O4. The molecule has 1 rings (SSSR count). The lowest BCUT2D eigenvalue weighted by atomic mass is 10.1. The first-order valence-electron chi connectivity index (χ1n) is 5.23. The number of benzene rings is 1. The van der Waals surface area contributed by atoms with Crippen molar-refractivity contribution in [1.82, 2.24) is 0 Å². The van der Waals surface area contributed by atoms with E-state index in [-0.39, 0.29) is 12.4 Å². The van der Waals surface area contributed by atoms with Gasteiger partial charge in [-0.25, -0.2) is 4.79 Å². The van der Waals surface area contributed by atoms with E-state index in [1.165, 1.54) is 0 Å². The quantitative estimate of drug-likeness (QED) is 0.374. The summed E-state index contributed by atoms with van der Waals surface area (Å²) in [5, 5.41) is 9.66. The van der Waals surface area contributed by atoms with E-state index in [9.17, 15) is 14.7 Å². The molecule has 0 bridgehead atoms. The van der Waals surface area contributed by atoms with Crippen LogP contribution in [0, 0.1) is 6.92 Å². The number of carbonyl (C=O) groups excluding carboxylic acids is 2. The minimum Gasteiger partial charge on any atom is -0.507 e. The van der Waals surface area contributed by atoms with Gasteiger partial charge in [0.1, 0.15) is 5.76 Å². The summed E-state index contributed by atoms with van der Waals surface area (Å²) in [5.41, 5.74) is 1.44. The molecule has 0 fully saturated rings. The second-order valence-electron chi connectivity index (χ2n) is 3.48. The van der Waals surface area contributed by atoms with E-state index in [1.54, 1.807) is 25.1 Å². The average molecular weight is 234 g/mol. The van der Waals surface area contributed by atoms with Crippen molar-refractivity contribution in [3.05, 3.63) is 41.5 Å². The van der Waals surface area contributed by atoms with Gasteiger partial charge in [0, 0.05) is 11.6 Å². The Labute approximate surface area is 99.5 Å². The van der Waals surface area contributed by atoms with E-state index in [2.05, 4.69) is 4.74 Å². The van der Waals surface area contributed by atoms with Gasteiger partial charge in [0.05, 0.1) is 6.61 Å². The van der Waals surface area contributed by atoms with Gasteiger partial charge in [-0.3, -0.25) is 4.79 Å². The Hall–Kier alpha value is -2.10. The predicted molar refractivity (Wildman–Crippen MR) is 63.4 cm³/mol. The molecule has 0 aliphatic heterocycles. The average Bonchev–Trinajstić information content (AvgIpc) is 2.29. The normalized spacial score (nSPS) is 11.1. The minimum absolute atomic E-state index is 0.129. The maximum Gasteiger partial charge on any atom is 0.379 e. The van der Waals surface area contributed by atoms with Gasteiger partial charge in [0.2, 0.25) is 0 Å². The third kappa shape index (κ3) is 3.75. The molecule has 1 aromatic carbocycles. The van der Waals surface area contributed by atoms with E-state index < -0.39 is 11.8 Å². The summed E-state index contributed by atoms with van der Waals surface area (Å²) in [6, 6.07) is 6.98. The van der Waals surface area contributed by atoms with E-state index >= 15 is 0 Å². The van der Waals surface area contributed by atoms with Crippen molar-refractivity contribution >= 4 is 17.5 Å². The fraction of sp³-hybridized carbons (Fsp3) is 0.231. The Morgan fingerprint density at radius 2 is 2.12 bits per heavy atom. The van der Waals surface area contributed by atoms with Gasteiger partial charge >= 0.3 is 5.97 Å². The van der Waals surface area contributed by atoms with Crippen LogP contribution in [0.3, 0.4) is 0 Å². The highest BCUT2D eigenvalue weighted by molar-refractivity contribution is 6.39. The number of carbonyl (C=O) groups is 2. The molecule has 4 heteroatoms. The van der Waals surface area contributed by atoms with Crippen LogP contribution in [0.25, 0.3) is 5.76 Å². The van der Waals surface area contributed by atoms with Gasteiger partial charge in [0.15, 0.2) is 0 Å². The molecule has 0 aromatic heterocycles. The van der Waals surface area contributed by atoms with Crippen LogP contribution in [0.15, 0.2) is 30.3 Å². The van der Waals surface area contributed by atoms with Crippen LogP contribution in [0.4, 0.5) is 0 Å². The Bertz CT molecular complexity index is 460. The molecule has 0 unspecified atom stereocenters. The third-order valence-electron chi connectivity index (χ3n) is 2.06. The third-order valence-corrected chi connectivity index (χ3v) is 2.06. The summed E-state index contributed by atoms with van der Waals surface area (Å²) in [6.07, 6.45) is 0.868. The van der Waals surface area contributed by atoms with E-state index in [0.29, 0.717) is 5.56 Å². The van der Waals surface area contributed by atoms with Crippen molar-refractivity contribution < 1.29 is 19.4 Å². The molecule has 0 spiro atoms. The highest BCUT2D eigenvalue weighted by Crippen LogP contribution is 2.12. The molecule has 90 valence electrons. The number of aliphatic hydroxyl groups is 1. The van der Waals surface area contributed by atoms with Crippen molar-refractivity contribution in [3.63, 3.8) is 0 Å². The van der Waals surface area contributed by atoms with Crippen molar-refractivity contribution in [3.8, 4) is 0 Å². The topological polar surface area (TPSA) is 63.6 Å². The zero-order chi connectivity index (χ0) is 12.8. The molecule has 4 nitrogen and oxygen atoms in total. The fourth-order valence-corrected chi connectivity index (χ4v) is 1.27. The lowest BCUT2D eigenvalue weighted by Gasteiger charge is -2.01. The number of aryl methyl sites for hydroxylation is 1. The van der Waals surface area contributed by atoms with E-state index in [1.807, 2.05) is 13.0 Å². The Morgan fingerprint density at radius 1 is 1.41 bits per heavy atom. The van der Waals surface area contributed by atoms with Crippen LogP contribution in [-0.2, 0) is 14.3 Å². The first-order valence-corrected chi connectivity index (χ1v) is 5.23. The van der Waals surface area contributed by atoms with Crippen molar-refractivity contribution in [2.75, 3.05) is 6.61 Å². The molecule has 1 N–H and O–H groups in total. The number of hydrogen-bond donors (Lipinski definition) is 1. The first-order chi connectivity index (χ1) is 8.04. The van der Waals surface area contributed by atoms with Crippen LogP contribution in [-0.4, -0.2) is 23.5 Å². The van der Waals surface area contributed by atoms with Crippen LogP contribution in [0.5, 0.6) is 0 Å². The largest absolute Gasteiger partial charge is 0.507 e.